The van der Waals surface area contributed by atoms with Crippen LogP contribution < -0.4 is 5.32 Å². The molecule has 21 heavy (non-hydrogen) atoms. The van der Waals surface area contributed by atoms with Gasteiger partial charge in [-0.3, -0.25) is 4.79 Å². The average molecular weight is 290 g/mol. The van der Waals surface area contributed by atoms with Gasteiger partial charge in [0.05, 0.1) is 6.54 Å². The average Bonchev–Trinajstić information content (AvgIpc) is 2.81. The largest absolute Gasteiger partial charge is 0.480 e. The van der Waals surface area contributed by atoms with Gasteiger partial charge in [0.1, 0.15) is 0 Å². The van der Waals surface area contributed by atoms with Crippen molar-refractivity contribution in [2.24, 2.45) is 0 Å². The molecule has 0 amide bonds. The Balaban J connectivity index is 1.73. The van der Waals surface area contributed by atoms with Crippen molar-refractivity contribution < 1.29 is 9.90 Å². The summed E-state index contributed by atoms with van der Waals surface area (Å²) in [5.74, 6) is -0.783. The number of likely N-dealkylation sites (tertiary alicyclic amines) is 1. The molecule has 0 bridgehead atoms. The van der Waals surface area contributed by atoms with Gasteiger partial charge in [-0.2, -0.15) is 0 Å². The molecule has 0 aromatic heterocycles. The number of carboxylic acid groups (broad SMARTS) is 1. The molecule has 1 aliphatic heterocycles. The number of carbonyl (C=O) groups is 1. The highest BCUT2D eigenvalue weighted by molar-refractivity contribution is 5.69. The molecule has 1 aliphatic rings. The molecule has 2 rings (SSSR count). The molecule has 0 radical (unpaired) electrons. The van der Waals surface area contributed by atoms with Crippen molar-refractivity contribution in [2.75, 3.05) is 26.2 Å². The molecule has 0 aliphatic carbocycles. The first-order valence-corrected chi connectivity index (χ1v) is 7.72. The van der Waals surface area contributed by atoms with Gasteiger partial charge in [0.15, 0.2) is 0 Å². The Bertz CT molecular complexity index is 489. The van der Waals surface area contributed by atoms with Crippen LogP contribution in [-0.2, 0) is 11.2 Å². The molecule has 1 heterocycles. The van der Waals surface area contributed by atoms with Gasteiger partial charge in [-0.05, 0) is 50.8 Å². The molecular weight excluding hydrogens is 264 g/mol. The van der Waals surface area contributed by atoms with Crippen LogP contribution in [0.1, 0.15) is 30.9 Å². The first-order chi connectivity index (χ1) is 9.98. The van der Waals surface area contributed by atoms with Crippen molar-refractivity contribution in [3.8, 4) is 0 Å². The van der Waals surface area contributed by atoms with Crippen molar-refractivity contribution in [1.29, 1.82) is 0 Å². The van der Waals surface area contributed by atoms with Crippen LogP contribution in [0, 0.1) is 6.92 Å². The SMILES string of the molecule is Cc1ccccc1CCCN1CC[C@](C)(NCC(=O)O)C1. The molecule has 0 spiro atoms. The van der Waals surface area contributed by atoms with Crippen LogP contribution in [0.5, 0.6) is 0 Å². The smallest absolute Gasteiger partial charge is 0.317 e. The summed E-state index contributed by atoms with van der Waals surface area (Å²) in [6, 6.07) is 8.56. The Kier molecular flexibility index (Phi) is 5.37. The van der Waals surface area contributed by atoms with E-state index in [1.807, 2.05) is 0 Å². The maximum absolute atomic E-state index is 10.7. The van der Waals surface area contributed by atoms with Gasteiger partial charge in [-0.25, -0.2) is 0 Å². The molecule has 116 valence electrons. The summed E-state index contributed by atoms with van der Waals surface area (Å²) < 4.78 is 0. The van der Waals surface area contributed by atoms with Crippen LogP contribution in [0.3, 0.4) is 0 Å². The summed E-state index contributed by atoms with van der Waals surface area (Å²) in [6.07, 6.45) is 3.28. The van der Waals surface area contributed by atoms with Gasteiger partial charge in [0, 0.05) is 18.6 Å². The van der Waals surface area contributed by atoms with Gasteiger partial charge in [-0.1, -0.05) is 24.3 Å². The summed E-state index contributed by atoms with van der Waals surface area (Å²) in [5.41, 5.74) is 2.75. The third kappa shape index (κ3) is 4.83. The predicted molar refractivity (Wildman–Crippen MR) is 84.6 cm³/mol. The third-order valence-electron chi connectivity index (χ3n) is 4.40. The number of rotatable bonds is 7. The second-order valence-electron chi connectivity index (χ2n) is 6.36. The van der Waals surface area contributed by atoms with E-state index in [4.69, 9.17) is 5.11 Å². The minimum Gasteiger partial charge on any atom is -0.480 e. The Morgan fingerprint density at radius 3 is 2.90 bits per heavy atom. The van der Waals surface area contributed by atoms with E-state index in [-0.39, 0.29) is 12.1 Å². The van der Waals surface area contributed by atoms with Crippen LogP contribution in [-0.4, -0.2) is 47.7 Å². The molecule has 1 aromatic carbocycles. The molecule has 1 fully saturated rings. The van der Waals surface area contributed by atoms with Gasteiger partial charge >= 0.3 is 5.97 Å². The second-order valence-corrected chi connectivity index (χ2v) is 6.36. The molecule has 4 heteroatoms. The summed E-state index contributed by atoms with van der Waals surface area (Å²) >= 11 is 0. The lowest BCUT2D eigenvalue weighted by atomic mass is 10.0. The number of aryl methyl sites for hydroxylation is 2. The Labute approximate surface area is 127 Å². The van der Waals surface area contributed by atoms with Crippen molar-refractivity contribution in [3.63, 3.8) is 0 Å². The number of nitrogens with zero attached hydrogens (tertiary/aromatic N) is 1. The van der Waals surface area contributed by atoms with E-state index in [9.17, 15) is 4.79 Å². The number of hydrogen-bond donors (Lipinski definition) is 2. The first-order valence-electron chi connectivity index (χ1n) is 7.72. The van der Waals surface area contributed by atoms with E-state index in [0.29, 0.717) is 0 Å². The molecular formula is C17H26N2O2. The van der Waals surface area contributed by atoms with Crippen molar-refractivity contribution in [2.45, 2.75) is 38.6 Å². The van der Waals surface area contributed by atoms with Gasteiger partial charge in [0.25, 0.3) is 0 Å². The van der Waals surface area contributed by atoms with Crippen LogP contribution in [0.4, 0.5) is 0 Å². The Morgan fingerprint density at radius 1 is 1.43 bits per heavy atom. The number of carboxylic acids is 1. The quantitative estimate of drug-likeness (QED) is 0.807. The Hall–Kier alpha value is -1.39. The Morgan fingerprint density at radius 2 is 2.19 bits per heavy atom. The van der Waals surface area contributed by atoms with Gasteiger partial charge in [0.2, 0.25) is 0 Å². The number of aliphatic carboxylic acids is 1. The zero-order chi connectivity index (χ0) is 15.3. The predicted octanol–water partition coefficient (Wildman–Crippen LogP) is 2.07. The fourth-order valence-electron chi connectivity index (χ4n) is 3.06. The van der Waals surface area contributed by atoms with Crippen LogP contribution >= 0.6 is 0 Å². The van der Waals surface area contributed by atoms with E-state index in [1.54, 1.807) is 0 Å². The fraction of sp³-hybridized carbons (Fsp3) is 0.588. The highest BCUT2D eigenvalue weighted by Crippen LogP contribution is 2.21. The molecule has 1 aromatic rings. The van der Waals surface area contributed by atoms with E-state index in [1.165, 1.54) is 11.1 Å². The molecule has 0 saturated carbocycles. The van der Waals surface area contributed by atoms with Gasteiger partial charge < -0.3 is 15.3 Å². The summed E-state index contributed by atoms with van der Waals surface area (Å²) in [5, 5.41) is 11.9. The normalized spacial score (nSPS) is 22.6. The van der Waals surface area contributed by atoms with Crippen molar-refractivity contribution >= 4 is 5.97 Å². The molecule has 0 unspecified atom stereocenters. The zero-order valence-electron chi connectivity index (χ0n) is 13.1. The monoisotopic (exact) mass is 290 g/mol. The van der Waals surface area contributed by atoms with E-state index < -0.39 is 5.97 Å². The van der Waals surface area contributed by atoms with Crippen molar-refractivity contribution in [1.82, 2.24) is 10.2 Å². The minimum atomic E-state index is -0.783. The van der Waals surface area contributed by atoms with Crippen LogP contribution in [0.2, 0.25) is 0 Å². The highest BCUT2D eigenvalue weighted by Gasteiger charge is 2.33. The number of hydrogen-bond acceptors (Lipinski definition) is 3. The zero-order valence-corrected chi connectivity index (χ0v) is 13.1. The molecule has 1 saturated heterocycles. The standard InChI is InChI=1S/C17H26N2O2/c1-14-6-3-4-7-15(14)8-5-10-19-11-9-17(2,13-19)18-12-16(20)21/h3-4,6-7,18H,5,8-13H2,1-2H3,(H,20,21)/t17-/m0/s1. The minimum absolute atomic E-state index is 0.0492. The molecule has 2 N–H and O–H groups in total. The highest BCUT2D eigenvalue weighted by atomic mass is 16.4. The van der Waals surface area contributed by atoms with Crippen LogP contribution in [0.15, 0.2) is 24.3 Å². The third-order valence-corrected chi connectivity index (χ3v) is 4.40. The van der Waals surface area contributed by atoms with E-state index in [0.717, 1.165) is 38.9 Å². The first kappa shape index (κ1) is 16.0. The number of nitrogens with one attached hydrogen (secondary N) is 1. The molecule has 1 atom stereocenters. The van der Waals surface area contributed by atoms with E-state index >= 15 is 0 Å². The van der Waals surface area contributed by atoms with Crippen molar-refractivity contribution in [3.05, 3.63) is 35.4 Å². The lowest BCUT2D eigenvalue weighted by Crippen LogP contribution is -2.47. The summed E-state index contributed by atoms with van der Waals surface area (Å²) in [6.45, 7) is 7.41. The maximum atomic E-state index is 10.7. The summed E-state index contributed by atoms with van der Waals surface area (Å²) in [4.78, 5) is 13.1. The lowest BCUT2D eigenvalue weighted by Gasteiger charge is -2.25. The summed E-state index contributed by atoms with van der Waals surface area (Å²) in [7, 11) is 0. The fourth-order valence-corrected chi connectivity index (χ4v) is 3.06. The topological polar surface area (TPSA) is 52.6 Å². The lowest BCUT2D eigenvalue weighted by molar-refractivity contribution is -0.136. The van der Waals surface area contributed by atoms with Crippen LogP contribution in [0.25, 0.3) is 0 Å². The van der Waals surface area contributed by atoms with Gasteiger partial charge in [-0.15, -0.1) is 0 Å². The maximum Gasteiger partial charge on any atom is 0.317 e. The van der Waals surface area contributed by atoms with E-state index in [2.05, 4.69) is 48.3 Å². The second kappa shape index (κ2) is 7.05. The number of benzene rings is 1. The molecule has 4 nitrogen and oxygen atoms in total.